The molecule has 1 aromatic carbocycles. The van der Waals surface area contributed by atoms with Gasteiger partial charge in [-0.05, 0) is 24.5 Å². The van der Waals surface area contributed by atoms with Gasteiger partial charge in [0.15, 0.2) is 11.6 Å². The number of nitrogens with one attached hydrogen (secondary N) is 1. The van der Waals surface area contributed by atoms with E-state index in [-0.39, 0.29) is 12.1 Å². The van der Waals surface area contributed by atoms with Gasteiger partial charge in [-0.25, -0.2) is 8.78 Å². The van der Waals surface area contributed by atoms with E-state index in [2.05, 4.69) is 5.32 Å². The Balaban J connectivity index is 1.81. The first-order chi connectivity index (χ1) is 10.1. The molecule has 1 aromatic rings. The highest BCUT2D eigenvalue weighted by Gasteiger charge is 2.19. The summed E-state index contributed by atoms with van der Waals surface area (Å²) in [6.45, 7) is 0. The van der Waals surface area contributed by atoms with Gasteiger partial charge < -0.3 is 5.32 Å². The van der Waals surface area contributed by atoms with Crippen LogP contribution in [-0.2, 0) is 9.59 Å². The molecule has 0 radical (unpaired) electrons. The second-order valence-electron chi connectivity index (χ2n) is 5.55. The highest BCUT2D eigenvalue weighted by molar-refractivity contribution is 6.40. The Morgan fingerprint density at radius 1 is 1.10 bits per heavy atom. The van der Waals surface area contributed by atoms with Gasteiger partial charge in [0.25, 0.3) is 5.91 Å². The summed E-state index contributed by atoms with van der Waals surface area (Å²) in [4.78, 5) is 23.5. The van der Waals surface area contributed by atoms with Crippen molar-refractivity contribution in [3.63, 3.8) is 0 Å². The van der Waals surface area contributed by atoms with Crippen molar-refractivity contribution in [2.24, 2.45) is 5.92 Å². The van der Waals surface area contributed by atoms with Gasteiger partial charge in [0, 0.05) is 18.2 Å². The number of hydrogen-bond donors (Lipinski definition) is 1. The van der Waals surface area contributed by atoms with Crippen LogP contribution in [0.4, 0.5) is 14.5 Å². The Kier molecular flexibility index (Phi) is 5.42. The molecule has 0 aromatic heterocycles. The van der Waals surface area contributed by atoms with Gasteiger partial charge in [0.05, 0.1) is 0 Å². The fraction of sp³-hybridized carbons (Fsp3) is 0.500. The summed E-state index contributed by atoms with van der Waals surface area (Å²) in [7, 11) is 0. The zero-order chi connectivity index (χ0) is 15.2. The van der Waals surface area contributed by atoms with E-state index in [1.165, 1.54) is 25.3 Å². The van der Waals surface area contributed by atoms with Crippen LogP contribution in [0.1, 0.15) is 44.9 Å². The van der Waals surface area contributed by atoms with Crippen molar-refractivity contribution in [3.8, 4) is 0 Å². The molecule has 114 valence electrons. The maximum atomic E-state index is 13.0. The molecule has 0 bridgehead atoms. The number of benzene rings is 1. The van der Waals surface area contributed by atoms with Crippen LogP contribution in [0, 0.1) is 17.6 Å². The summed E-state index contributed by atoms with van der Waals surface area (Å²) in [5, 5.41) is 2.30. The molecule has 0 atom stereocenters. The number of anilines is 1. The Hall–Kier alpha value is -1.78. The molecule has 0 spiro atoms. The Morgan fingerprint density at radius 2 is 1.81 bits per heavy atom. The number of halogens is 2. The van der Waals surface area contributed by atoms with Crippen molar-refractivity contribution in [1.29, 1.82) is 0 Å². The number of hydrogen-bond acceptors (Lipinski definition) is 2. The molecular formula is C16H19F2NO2. The summed E-state index contributed by atoms with van der Waals surface area (Å²) >= 11 is 0. The lowest BCUT2D eigenvalue weighted by molar-refractivity contribution is -0.135. The molecule has 0 heterocycles. The predicted octanol–water partition coefficient (Wildman–Crippen LogP) is 3.83. The van der Waals surface area contributed by atoms with Crippen molar-refractivity contribution in [1.82, 2.24) is 0 Å². The van der Waals surface area contributed by atoms with E-state index in [1.54, 1.807) is 0 Å². The number of ketones is 1. The van der Waals surface area contributed by atoms with Gasteiger partial charge >= 0.3 is 0 Å². The average Bonchev–Trinajstić information content (AvgIpc) is 2.49. The molecule has 1 N–H and O–H groups in total. The number of Topliss-reactive ketones (excluding diaryl/α,β-unsaturated/α-hetero) is 1. The molecule has 1 aliphatic rings. The third-order valence-electron chi connectivity index (χ3n) is 3.94. The Labute approximate surface area is 122 Å². The molecule has 0 saturated heterocycles. The first-order valence-corrected chi connectivity index (χ1v) is 7.35. The van der Waals surface area contributed by atoms with Crippen LogP contribution in [0.25, 0.3) is 0 Å². The third kappa shape index (κ3) is 4.62. The van der Waals surface area contributed by atoms with Crippen LogP contribution in [0.2, 0.25) is 0 Å². The SMILES string of the molecule is O=C(CCC1CCCCC1)C(=O)Nc1ccc(F)c(F)c1. The molecule has 2 rings (SSSR count). The minimum absolute atomic E-state index is 0.0879. The Bertz CT molecular complexity index is 525. The summed E-state index contributed by atoms with van der Waals surface area (Å²) < 4.78 is 25.8. The maximum Gasteiger partial charge on any atom is 0.291 e. The van der Waals surface area contributed by atoms with Crippen LogP contribution >= 0.6 is 0 Å². The number of carbonyl (C=O) groups is 2. The van der Waals surface area contributed by atoms with Crippen molar-refractivity contribution in [2.75, 3.05) is 5.32 Å². The van der Waals surface area contributed by atoms with Crippen molar-refractivity contribution in [3.05, 3.63) is 29.8 Å². The minimum atomic E-state index is -1.05. The highest BCUT2D eigenvalue weighted by Crippen LogP contribution is 2.27. The standard InChI is InChI=1S/C16H19F2NO2/c17-13-8-7-12(10-14(13)18)19-16(21)15(20)9-6-11-4-2-1-3-5-11/h7-8,10-11H,1-6,9H2,(H,19,21). The van der Waals surface area contributed by atoms with Crippen molar-refractivity contribution in [2.45, 2.75) is 44.9 Å². The van der Waals surface area contributed by atoms with Crippen LogP contribution in [0.5, 0.6) is 0 Å². The van der Waals surface area contributed by atoms with Gasteiger partial charge in [-0.2, -0.15) is 0 Å². The zero-order valence-electron chi connectivity index (χ0n) is 11.8. The maximum absolute atomic E-state index is 13.0. The molecule has 1 fully saturated rings. The summed E-state index contributed by atoms with van der Waals surface area (Å²) in [6, 6.07) is 3.00. The fourth-order valence-electron chi connectivity index (χ4n) is 2.70. The van der Waals surface area contributed by atoms with E-state index in [1.807, 2.05) is 0 Å². The van der Waals surface area contributed by atoms with E-state index in [9.17, 15) is 18.4 Å². The fourth-order valence-corrected chi connectivity index (χ4v) is 2.70. The molecule has 0 unspecified atom stereocenters. The van der Waals surface area contributed by atoms with E-state index in [4.69, 9.17) is 0 Å². The first-order valence-electron chi connectivity index (χ1n) is 7.35. The predicted molar refractivity (Wildman–Crippen MR) is 75.8 cm³/mol. The smallest absolute Gasteiger partial charge is 0.291 e. The van der Waals surface area contributed by atoms with Gasteiger partial charge in [-0.3, -0.25) is 9.59 Å². The van der Waals surface area contributed by atoms with Gasteiger partial charge in [-0.15, -0.1) is 0 Å². The monoisotopic (exact) mass is 295 g/mol. The number of carbonyl (C=O) groups excluding carboxylic acids is 2. The molecule has 21 heavy (non-hydrogen) atoms. The van der Waals surface area contributed by atoms with Gasteiger partial charge in [0.1, 0.15) is 0 Å². The Morgan fingerprint density at radius 3 is 2.48 bits per heavy atom. The third-order valence-corrected chi connectivity index (χ3v) is 3.94. The van der Waals surface area contributed by atoms with Gasteiger partial charge in [-0.1, -0.05) is 32.1 Å². The van der Waals surface area contributed by atoms with Gasteiger partial charge in [0.2, 0.25) is 5.78 Å². The molecular weight excluding hydrogens is 276 g/mol. The first kappa shape index (κ1) is 15.6. The molecule has 1 saturated carbocycles. The largest absolute Gasteiger partial charge is 0.319 e. The van der Waals surface area contributed by atoms with Crippen molar-refractivity contribution < 1.29 is 18.4 Å². The normalized spacial score (nSPS) is 15.7. The van der Waals surface area contributed by atoms with E-state index >= 15 is 0 Å². The molecule has 3 nitrogen and oxygen atoms in total. The van der Waals surface area contributed by atoms with E-state index in [0.717, 1.165) is 31.4 Å². The molecule has 1 amide bonds. The van der Waals surface area contributed by atoms with Crippen molar-refractivity contribution >= 4 is 17.4 Å². The van der Waals surface area contributed by atoms with E-state index in [0.29, 0.717) is 5.92 Å². The topological polar surface area (TPSA) is 46.2 Å². The summed E-state index contributed by atoms with van der Waals surface area (Å²) in [6.07, 6.45) is 6.82. The molecule has 5 heteroatoms. The number of amides is 1. The summed E-state index contributed by atoms with van der Waals surface area (Å²) in [5.74, 6) is -2.79. The van der Waals surface area contributed by atoms with E-state index < -0.39 is 23.3 Å². The lowest BCUT2D eigenvalue weighted by Gasteiger charge is -2.20. The molecule has 0 aliphatic heterocycles. The number of rotatable bonds is 5. The lowest BCUT2D eigenvalue weighted by Crippen LogP contribution is -2.23. The lowest BCUT2D eigenvalue weighted by atomic mass is 9.85. The quantitative estimate of drug-likeness (QED) is 0.839. The van der Waals surface area contributed by atoms with Crippen LogP contribution in [0.3, 0.4) is 0 Å². The average molecular weight is 295 g/mol. The van der Waals surface area contributed by atoms with Crippen LogP contribution in [-0.4, -0.2) is 11.7 Å². The van der Waals surface area contributed by atoms with Crippen LogP contribution in [0.15, 0.2) is 18.2 Å². The second kappa shape index (κ2) is 7.29. The minimum Gasteiger partial charge on any atom is -0.319 e. The second-order valence-corrected chi connectivity index (χ2v) is 5.55. The van der Waals surface area contributed by atoms with Crippen LogP contribution < -0.4 is 5.32 Å². The molecule has 1 aliphatic carbocycles. The summed E-state index contributed by atoms with van der Waals surface area (Å²) in [5.41, 5.74) is 0.0879. The zero-order valence-corrected chi connectivity index (χ0v) is 11.8. The highest BCUT2D eigenvalue weighted by atomic mass is 19.2.